The Kier molecular flexibility index (Phi) is 4.88. The molecule has 0 aliphatic carbocycles. The maximum absolute atomic E-state index is 5.40. The summed E-state index contributed by atoms with van der Waals surface area (Å²) in [7, 11) is 0. The molecule has 0 unspecified atom stereocenters. The summed E-state index contributed by atoms with van der Waals surface area (Å²) >= 11 is 9.30. The molecule has 0 saturated carbocycles. The van der Waals surface area contributed by atoms with Gasteiger partial charge in [-0.05, 0) is 0 Å². The van der Waals surface area contributed by atoms with Crippen LogP contribution in [0.3, 0.4) is 0 Å². The Balaban J connectivity index is 0.000000640. The third-order valence-electron chi connectivity index (χ3n) is 0.607. The Morgan fingerprint density at radius 3 is 2.33 bits per heavy atom. The van der Waals surface area contributed by atoms with E-state index >= 15 is 0 Å². The van der Waals surface area contributed by atoms with Gasteiger partial charge >= 0.3 is 29.6 Å². The molecule has 0 bridgehead atoms. The predicted octanol–water partition coefficient (Wildman–Crippen LogP) is 0.770. The van der Waals surface area contributed by atoms with Crippen molar-refractivity contribution in [3.63, 3.8) is 0 Å². The molecule has 1 rings (SSSR count). The molecule has 1 heterocycles. The summed E-state index contributed by atoms with van der Waals surface area (Å²) in [6.07, 6.45) is 2.94. The standard InChI is InChI=1S/C4H3ClN2S.Na.H/c5-3-1-7-4(8)2-6-3;;/h1-2H,(H,7,8);;. The van der Waals surface area contributed by atoms with Crippen molar-refractivity contribution in [2.75, 3.05) is 0 Å². The average molecular weight is 171 g/mol. The molecule has 0 aromatic carbocycles. The molecule has 0 N–H and O–H groups in total. The van der Waals surface area contributed by atoms with Gasteiger partial charge in [-0.15, -0.1) is 12.6 Å². The molecule has 0 saturated heterocycles. The second-order valence-corrected chi connectivity index (χ2v) is 2.04. The maximum atomic E-state index is 5.40. The first-order chi connectivity index (χ1) is 3.79. The van der Waals surface area contributed by atoms with Crippen molar-refractivity contribution in [1.29, 1.82) is 0 Å². The fourth-order valence-corrected chi connectivity index (χ4v) is 0.519. The molecule has 44 valence electrons. The van der Waals surface area contributed by atoms with E-state index in [0.717, 1.165) is 0 Å². The first-order valence-electron chi connectivity index (χ1n) is 1.95. The molecule has 5 heteroatoms. The predicted molar refractivity (Wildman–Crippen MR) is 41.4 cm³/mol. The van der Waals surface area contributed by atoms with Crippen molar-refractivity contribution in [2.45, 2.75) is 5.03 Å². The van der Waals surface area contributed by atoms with Gasteiger partial charge in [0.25, 0.3) is 0 Å². The number of hydrogen-bond acceptors (Lipinski definition) is 3. The SMILES string of the molecule is Sc1cnc(Cl)cn1.[NaH]. The minimum atomic E-state index is 0. The topological polar surface area (TPSA) is 25.8 Å². The number of thiol groups is 1. The van der Waals surface area contributed by atoms with Crippen molar-refractivity contribution < 1.29 is 0 Å². The van der Waals surface area contributed by atoms with E-state index in [-0.39, 0.29) is 29.6 Å². The summed E-state index contributed by atoms with van der Waals surface area (Å²) in [5.41, 5.74) is 0. The van der Waals surface area contributed by atoms with Gasteiger partial charge in [0.1, 0.15) is 10.2 Å². The van der Waals surface area contributed by atoms with Crippen LogP contribution >= 0.6 is 24.2 Å². The van der Waals surface area contributed by atoms with Crippen LogP contribution in [0.25, 0.3) is 0 Å². The minimum absolute atomic E-state index is 0. The zero-order chi connectivity index (χ0) is 5.98. The Labute approximate surface area is 85.7 Å². The van der Waals surface area contributed by atoms with Crippen LogP contribution in [-0.2, 0) is 0 Å². The van der Waals surface area contributed by atoms with E-state index < -0.39 is 0 Å². The third kappa shape index (κ3) is 3.43. The van der Waals surface area contributed by atoms with E-state index in [0.29, 0.717) is 10.2 Å². The van der Waals surface area contributed by atoms with Crippen LogP contribution in [0, 0.1) is 0 Å². The van der Waals surface area contributed by atoms with Crippen LogP contribution in [0.15, 0.2) is 17.4 Å². The molecule has 0 aliphatic rings. The van der Waals surface area contributed by atoms with Gasteiger partial charge in [0.15, 0.2) is 0 Å². The van der Waals surface area contributed by atoms with Crippen LogP contribution < -0.4 is 0 Å². The van der Waals surface area contributed by atoms with Gasteiger partial charge in [-0.25, -0.2) is 9.97 Å². The number of halogens is 1. The monoisotopic (exact) mass is 170 g/mol. The summed E-state index contributed by atoms with van der Waals surface area (Å²) in [4.78, 5) is 7.45. The summed E-state index contributed by atoms with van der Waals surface area (Å²) in [6, 6.07) is 0. The zero-order valence-electron chi connectivity index (χ0n) is 3.87. The normalized spacial score (nSPS) is 8.22. The second-order valence-electron chi connectivity index (χ2n) is 1.20. The molecule has 0 radical (unpaired) electrons. The summed E-state index contributed by atoms with van der Waals surface area (Å²) in [6.45, 7) is 0. The number of aromatic nitrogens is 2. The van der Waals surface area contributed by atoms with Gasteiger partial charge in [-0.2, -0.15) is 0 Å². The first-order valence-corrected chi connectivity index (χ1v) is 2.78. The summed E-state index contributed by atoms with van der Waals surface area (Å²) < 4.78 is 0. The van der Waals surface area contributed by atoms with Crippen molar-refractivity contribution in [1.82, 2.24) is 9.97 Å². The van der Waals surface area contributed by atoms with Gasteiger partial charge in [0, 0.05) is 0 Å². The van der Waals surface area contributed by atoms with Crippen LogP contribution in [0.2, 0.25) is 5.15 Å². The van der Waals surface area contributed by atoms with E-state index in [9.17, 15) is 0 Å². The van der Waals surface area contributed by atoms with E-state index in [4.69, 9.17) is 11.6 Å². The third-order valence-corrected chi connectivity index (χ3v) is 1.03. The summed E-state index contributed by atoms with van der Waals surface area (Å²) in [5, 5.41) is 0.970. The van der Waals surface area contributed by atoms with Gasteiger partial charge < -0.3 is 0 Å². The molecule has 0 fully saturated rings. The Morgan fingerprint density at radius 1 is 1.33 bits per heavy atom. The molecule has 2 nitrogen and oxygen atoms in total. The van der Waals surface area contributed by atoms with E-state index in [2.05, 4.69) is 22.6 Å². The van der Waals surface area contributed by atoms with E-state index in [1.165, 1.54) is 12.4 Å². The van der Waals surface area contributed by atoms with E-state index in [1.807, 2.05) is 0 Å². The quantitative estimate of drug-likeness (QED) is 0.460. The van der Waals surface area contributed by atoms with Crippen LogP contribution in [0.4, 0.5) is 0 Å². The average Bonchev–Trinajstić information content (AvgIpc) is 1.77. The summed E-state index contributed by atoms with van der Waals surface area (Å²) in [5.74, 6) is 0. The van der Waals surface area contributed by atoms with Crippen LogP contribution in [0.1, 0.15) is 0 Å². The molecule has 1 aromatic heterocycles. The Hall–Kier alpha value is 0.720. The van der Waals surface area contributed by atoms with Crippen molar-refractivity contribution in [3.8, 4) is 0 Å². The van der Waals surface area contributed by atoms with Crippen molar-refractivity contribution in [3.05, 3.63) is 17.5 Å². The number of nitrogens with zero attached hydrogens (tertiary/aromatic N) is 2. The molecule has 0 amide bonds. The molecule has 0 aliphatic heterocycles. The van der Waals surface area contributed by atoms with Crippen LogP contribution in [-0.4, -0.2) is 39.5 Å². The van der Waals surface area contributed by atoms with E-state index in [1.54, 1.807) is 0 Å². The fourth-order valence-electron chi connectivity index (χ4n) is 0.305. The molecule has 9 heavy (non-hydrogen) atoms. The fraction of sp³-hybridized carbons (Fsp3) is 0. The van der Waals surface area contributed by atoms with Crippen molar-refractivity contribution >= 4 is 53.8 Å². The van der Waals surface area contributed by atoms with Gasteiger partial charge in [-0.1, -0.05) is 11.6 Å². The van der Waals surface area contributed by atoms with Gasteiger partial charge in [0.2, 0.25) is 0 Å². The van der Waals surface area contributed by atoms with Crippen LogP contribution in [0.5, 0.6) is 0 Å². The van der Waals surface area contributed by atoms with Crippen molar-refractivity contribution in [2.24, 2.45) is 0 Å². The number of rotatable bonds is 0. The zero-order valence-corrected chi connectivity index (χ0v) is 5.52. The Bertz CT molecular complexity index is 157. The first kappa shape index (κ1) is 9.72. The molecule has 1 aromatic rings. The molecule has 0 spiro atoms. The van der Waals surface area contributed by atoms with Gasteiger partial charge in [0.05, 0.1) is 12.4 Å². The molecule has 0 atom stereocenters. The van der Waals surface area contributed by atoms with Gasteiger partial charge in [-0.3, -0.25) is 0 Å². The second kappa shape index (κ2) is 4.52. The molecular weight excluding hydrogens is 167 g/mol. The molecular formula is C4H4ClN2NaS. The number of hydrogen-bond donors (Lipinski definition) is 1. The Morgan fingerprint density at radius 2 is 2.00 bits per heavy atom.